The zero-order chi connectivity index (χ0) is 26.9. The number of morpholine rings is 1. The van der Waals surface area contributed by atoms with Crippen molar-refractivity contribution in [3.8, 4) is 16.9 Å². The third-order valence-electron chi connectivity index (χ3n) is 6.94. The molecule has 0 bridgehead atoms. The highest BCUT2D eigenvalue weighted by atomic mass is 19.1. The number of benzene rings is 2. The molecule has 5 rings (SSSR count). The number of ether oxygens (including phenoxy) is 2. The number of rotatable bonds is 8. The van der Waals surface area contributed by atoms with Gasteiger partial charge in [0.1, 0.15) is 34.7 Å². The summed E-state index contributed by atoms with van der Waals surface area (Å²) in [4.78, 5) is 18.7. The number of nitrogens with one attached hydrogen (secondary N) is 1. The van der Waals surface area contributed by atoms with E-state index in [1.807, 2.05) is 0 Å². The zero-order valence-electron chi connectivity index (χ0n) is 20.4. The number of nitrogens with two attached hydrogens (primary N) is 1. The molecule has 0 spiro atoms. The number of amides is 1. The molecule has 1 aromatic heterocycles. The van der Waals surface area contributed by atoms with Crippen molar-refractivity contribution in [1.82, 2.24) is 4.98 Å². The molecule has 2 aromatic carbocycles. The third-order valence-corrected chi connectivity index (χ3v) is 6.94. The zero-order valence-corrected chi connectivity index (χ0v) is 20.4. The Morgan fingerprint density at radius 3 is 2.42 bits per heavy atom. The summed E-state index contributed by atoms with van der Waals surface area (Å²) in [5, 5.41) is 2.50. The summed E-state index contributed by atoms with van der Waals surface area (Å²) in [6.45, 7) is 2.42. The first-order chi connectivity index (χ1) is 18.3. The van der Waals surface area contributed by atoms with E-state index in [-0.39, 0.29) is 16.8 Å². The molecule has 3 N–H and O–H groups in total. The van der Waals surface area contributed by atoms with Crippen LogP contribution in [0.25, 0.3) is 11.1 Å². The first kappa shape index (κ1) is 25.9. The van der Waals surface area contributed by atoms with Crippen molar-refractivity contribution in [3.05, 3.63) is 71.6 Å². The molecule has 0 unspecified atom stereocenters. The fourth-order valence-electron chi connectivity index (χ4n) is 4.37. The Hall–Kier alpha value is -3.70. The van der Waals surface area contributed by atoms with Gasteiger partial charge in [0, 0.05) is 43.0 Å². The predicted molar refractivity (Wildman–Crippen MR) is 133 cm³/mol. The lowest BCUT2D eigenvalue weighted by atomic mass is 9.99. The van der Waals surface area contributed by atoms with Crippen LogP contribution in [0.4, 0.5) is 28.9 Å². The summed E-state index contributed by atoms with van der Waals surface area (Å²) in [7, 11) is 0. The van der Waals surface area contributed by atoms with Gasteiger partial charge < -0.3 is 25.4 Å². The molecule has 11 heteroatoms. The number of carbonyl (C=O) groups is 1. The Morgan fingerprint density at radius 2 is 1.76 bits per heavy atom. The molecular weight excluding hydrogens is 504 g/mol. The van der Waals surface area contributed by atoms with Crippen molar-refractivity contribution < 1.29 is 31.8 Å². The van der Waals surface area contributed by atoms with Crippen LogP contribution in [0.5, 0.6) is 5.75 Å². The summed E-state index contributed by atoms with van der Waals surface area (Å²) in [6, 6.07) is 5.27. The van der Waals surface area contributed by atoms with Crippen molar-refractivity contribution in [3.63, 3.8) is 0 Å². The van der Waals surface area contributed by atoms with Crippen LogP contribution in [-0.4, -0.2) is 50.3 Å². The van der Waals surface area contributed by atoms with Crippen LogP contribution in [-0.2, 0) is 4.74 Å². The van der Waals surface area contributed by atoms with E-state index in [4.69, 9.17) is 15.2 Å². The smallest absolute Gasteiger partial charge is 0.258 e. The van der Waals surface area contributed by atoms with Gasteiger partial charge in [-0.3, -0.25) is 9.78 Å². The SMILES string of the molecule is NCC1(COc2ccncc2NC(=O)c2ccc(F)c(-c3c(F)cc(N4CCOCC4)cc3F)c2F)CC1. The molecule has 0 radical (unpaired) electrons. The second kappa shape index (κ2) is 10.6. The van der Waals surface area contributed by atoms with Crippen LogP contribution >= 0.6 is 0 Å². The molecule has 2 heterocycles. The normalized spacial score (nSPS) is 16.3. The predicted octanol–water partition coefficient (Wildman–Crippen LogP) is 4.51. The molecular formula is C27H26F4N4O3. The fraction of sp³-hybridized carbons (Fsp3) is 0.333. The molecule has 1 saturated carbocycles. The van der Waals surface area contributed by atoms with Crippen LogP contribution in [0.3, 0.4) is 0 Å². The van der Waals surface area contributed by atoms with Gasteiger partial charge in [-0.2, -0.15) is 0 Å². The van der Waals surface area contributed by atoms with Crippen molar-refractivity contribution in [1.29, 1.82) is 0 Å². The molecule has 200 valence electrons. The number of hydrogen-bond donors (Lipinski definition) is 2. The van der Waals surface area contributed by atoms with E-state index >= 15 is 13.2 Å². The molecule has 2 fully saturated rings. The van der Waals surface area contributed by atoms with Crippen molar-refractivity contribution >= 4 is 17.3 Å². The maximum absolute atomic E-state index is 15.5. The molecule has 1 amide bonds. The standard InChI is InChI=1S/C27H26F4N4O3/c28-18-2-1-17(26(36)34-21-13-33-6-3-22(21)38-15-27(14-32)4-5-27)25(31)24(18)23-19(29)11-16(12-20(23)30)35-7-9-37-10-8-35/h1-3,6,11-13H,4-5,7-10,14-15,32H2,(H,34,36). The first-order valence-electron chi connectivity index (χ1n) is 12.2. The number of halogens is 4. The number of hydrogen-bond acceptors (Lipinski definition) is 6. The Labute approximate surface area is 216 Å². The third kappa shape index (κ3) is 5.16. The second-order valence-corrected chi connectivity index (χ2v) is 9.49. The average molecular weight is 531 g/mol. The van der Waals surface area contributed by atoms with Gasteiger partial charge in [0.15, 0.2) is 0 Å². The van der Waals surface area contributed by atoms with Gasteiger partial charge in [-0.1, -0.05) is 0 Å². The lowest BCUT2D eigenvalue weighted by Crippen LogP contribution is -2.36. The maximum Gasteiger partial charge on any atom is 0.258 e. The summed E-state index contributed by atoms with van der Waals surface area (Å²) in [6.07, 6.45) is 4.65. The first-order valence-corrected chi connectivity index (χ1v) is 12.2. The quantitative estimate of drug-likeness (QED) is 0.417. The van der Waals surface area contributed by atoms with E-state index in [9.17, 15) is 9.18 Å². The van der Waals surface area contributed by atoms with Crippen LogP contribution in [0.1, 0.15) is 23.2 Å². The van der Waals surface area contributed by atoms with Gasteiger partial charge in [-0.25, -0.2) is 17.6 Å². The minimum absolute atomic E-state index is 0.103. The number of anilines is 2. The minimum atomic E-state index is -1.40. The highest BCUT2D eigenvalue weighted by Gasteiger charge is 2.42. The molecule has 0 atom stereocenters. The Kier molecular flexibility index (Phi) is 7.22. The summed E-state index contributed by atoms with van der Waals surface area (Å²) in [5.74, 6) is -5.58. The van der Waals surface area contributed by atoms with Gasteiger partial charge in [0.05, 0.1) is 42.7 Å². The van der Waals surface area contributed by atoms with Gasteiger partial charge in [-0.15, -0.1) is 0 Å². The van der Waals surface area contributed by atoms with Crippen LogP contribution in [0, 0.1) is 28.7 Å². The molecule has 1 aliphatic heterocycles. The van der Waals surface area contributed by atoms with Gasteiger partial charge in [-0.05, 0) is 37.1 Å². The monoisotopic (exact) mass is 530 g/mol. The minimum Gasteiger partial charge on any atom is -0.491 e. The number of nitrogens with zero attached hydrogens (tertiary/aromatic N) is 2. The largest absolute Gasteiger partial charge is 0.491 e. The molecule has 1 saturated heterocycles. The highest BCUT2D eigenvalue weighted by Crippen LogP contribution is 2.45. The Morgan fingerprint density at radius 1 is 1.05 bits per heavy atom. The Balaban J connectivity index is 1.42. The Bertz CT molecular complexity index is 1340. The van der Waals surface area contributed by atoms with Crippen molar-refractivity contribution in [2.75, 3.05) is 49.7 Å². The number of aromatic nitrogens is 1. The van der Waals surface area contributed by atoms with E-state index in [2.05, 4.69) is 10.3 Å². The van der Waals surface area contributed by atoms with Crippen LogP contribution in [0.15, 0.2) is 42.7 Å². The maximum atomic E-state index is 15.5. The van der Waals surface area contributed by atoms with Gasteiger partial charge in [0.2, 0.25) is 0 Å². The highest BCUT2D eigenvalue weighted by molar-refractivity contribution is 6.06. The topological polar surface area (TPSA) is 89.7 Å². The molecule has 3 aromatic rings. The van der Waals surface area contributed by atoms with Crippen LogP contribution < -0.4 is 20.7 Å². The van der Waals surface area contributed by atoms with E-state index in [1.165, 1.54) is 18.5 Å². The molecule has 1 aliphatic carbocycles. The number of carbonyl (C=O) groups excluding carboxylic acids is 1. The average Bonchev–Trinajstić information content (AvgIpc) is 3.70. The number of pyridine rings is 1. The van der Waals surface area contributed by atoms with E-state index < -0.39 is 45.9 Å². The summed E-state index contributed by atoms with van der Waals surface area (Å²) in [5.41, 5.74) is 3.60. The van der Waals surface area contributed by atoms with Gasteiger partial charge >= 0.3 is 0 Å². The van der Waals surface area contributed by atoms with Crippen LogP contribution in [0.2, 0.25) is 0 Å². The lowest BCUT2D eigenvalue weighted by Gasteiger charge is -2.29. The van der Waals surface area contributed by atoms with E-state index in [0.29, 0.717) is 45.2 Å². The molecule has 2 aliphatic rings. The van der Waals surface area contributed by atoms with E-state index in [0.717, 1.165) is 37.1 Å². The second-order valence-electron chi connectivity index (χ2n) is 9.49. The van der Waals surface area contributed by atoms with Gasteiger partial charge in [0.25, 0.3) is 5.91 Å². The fourth-order valence-corrected chi connectivity index (χ4v) is 4.37. The molecule has 7 nitrogen and oxygen atoms in total. The van der Waals surface area contributed by atoms with Crippen molar-refractivity contribution in [2.24, 2.45) is 11.1 Å². The summed E-state index contributed by atoms with van der Waals surface area (Å²) >= 11 is 0. The van der Waals surface area contributed by atoms with Crippen molar-refractivity contribution in [2.45, 2.75) is 12.8 Å². The van der Waals surface area contributed by atoms with E-state index in [1.54, 1.807) is 4.90 Å². The molecule has 38 heavy (non-hydrogen) atoms. The lowest BCUT2D eigenvalue weighted by molar-refractivity contribution is 0.102. The summed E-state index contributed by atoms with van der Waals surface area (Å²) < 4.78 is 71.6.